The molecule has 1 fully saturated rings. The highest BCUT2D eigenvalue weighted by Gasteiger charge is 2.17. The zero-order chi connectivity index (χ0) is 22.4. The van der Waals surface area contributed by atoms with Crippen molar-refractivity contribution in [2.45, 2.75) is 51.5 Å². The van der Waals surface area contributed by atoms with Gasteiger partial charge in [-0.05, 0) is 117 Å². The summed E-state index contributed by atoms with van der Waals surface area (Å²) in [5.74, 6) is 2.97. The SMILES string of the molecule is Cc1cc(CC(=O)NC2CCCCC2)cc(I)c1Oc1cc(I)c(OCCCl)c(I)c1. The van der Waals surface area contributed by atoms with Crippen LogP contribution in [0.4, 0.5) is 0 Å². The number of hydrogen-bond donors (Lipinski definition) is 1. The van der Waals surface area contributed by atoms with Gasteiger partial charge in [0.25, 0.3) is 0 Å². The molecule has 0 heterocycles. The average Bonchev–Trinajstić information content (AvgIpc) is 2.71. The molecule has 1 saturated carbocycles. The van der Waals surface area contributed by atoms with Crippen LogP contribution in [0.1, 0.15) is 43.2 Å². The molecule has 31 heavy (non-hydrogen) atoms. The van der Waals surface area contributed by atoms with E-state index in [0.717, 1.165) is 51.9 Å². The lowest BCUT2D eigenvalue weighted by Crippen LogP contribution is -2.37. The molecular formula is C23H25ClI3NO3. The number of benzene rings is 2. The van der Waals surface area contributed by atoms with E-state index in [0.29, 0.717) is 24.9 Å². The van der Waals surface area contributed by atoms with Gasteiger partial charge >= 0.3 is 0 Å². The smallest absolute Gasteiger partial charge is 0.224 e. The van der Waals surface area contributed by atoms with E-state index in [2.05, 4.69) is 73.1 Å². The van der Waals surface area contributed by atoms with Gasteiger partial charge in [-0.1, -0.05) is 25.3 Å². The minimum atomic E-state index is 0.104. The predicted molar refractivity (Wildman–Crippen MR) is 151 cm³/mol. The summed E-state index contributed by atoms with van der Waals surface area (Å²) in [7, 11) is 0. The maximum absolute atomic E-state index is 12.5. The average molecular weight is 780 g/mol. The molecule has 0 bridgehead atoms. The fraction of sp³-hybridized carbons (Fsp3) is 0.435. The van der Waals surface area contributed by atoms with Crippen LogP contribution in [0.3, 0.4) is 0 Å². The fourth-order valence-electron chi connectivity index (χ4n) is 3.74. The number of nitrogens with one attached hydrogen (secondary N) is 1. The topological polar surface area (TPSA) is 47.6 Å². The highest BCUT2D eigenvalue weighted by Crippen LogP contribution is 2.36. The maximum atomic E-state index is 12.5. The van der Waals surface area contributed by atoms with Gasteiger partial charge in [-0.15, -0.1) is 11.6 Å². The van der Waals surface area contributed by atoms with E-state index in [9.17, 15) is 4.79 Å². The predicted octanol–water partition coefficient (Wildman–Crippen LogP) is 7.21. The molecule has 0 unspecified atom stereocenters. The Balaban J connectivity index is 1.69. The summed E-state index contributed by atoms with van der Waals surface area (Å²) < 4.78 is 14.9. The number of carbonyl (C=O) groups excluding carboxylic acids is 1. The molecule has 0 spiro atoms. The summed E-state index contributed by atoms with van der Waals surface area (Å²) in [6.07, 6.45) is 6.31. The van der Waals surface area contributed by atoms with Gasteiger partial charge in [-0.25, -0.2) is 0 Å². The number of alkyl halides is 1. The largest absolute Gasteiger partial charge is 0.490 e. The molecule has 4 nitrogen and oxygen atoms in total. The van der Waals surface area contributed by atoms with Crippen molar-refractivity contribution in [3.05, 3.63) is 46.1 Å². The second kappa shape index (κ2) is 12.5. The molecule has 0 aliphatic heterocycles. The summed E-state index contributed by atoms with van der Waals surface area (Å²) >= 11 is 12.5. The van der Waals surface area contributed by atoms with E-state index in [4.69, 9.17) is 21.1 Å². The van der Waals surface area contributed by atoms with Crippen molar-refractivity contribution in [3.63, 3.8) is 0 Å². The van der Waals surface area contributed by atoms with Crippen LogP contribution in [0.2, 0.25) is 0 Å². The van der Waals surface area contributed by atoms with E-state index in [-0.39, 0.29) is 5.91 Å². The third-order valence-electron chi connectivity index (χ3n) is 5.14. The van der Waals surface area contributed by atoms with Crippen LogP contribution in [0.25, 0.3) is 0 Å². The van der Waals surface area contributed by atoms with Crippen molar-refractivity contribution >= 4 is 85.3 Å². The zero-order valence-corrected chi connectivity index (χ0v) is 24.5. The molecule has 0 atom stereocenters. The van der Waals surface area contributed by atoms with E-state index in [1.807, 2.05) is 31.2 Å². The first-order valence-corrected chi connectivity index (χ1v) is 14.1. The Bertz CT molecular complexity index is 886. The van der Waals surface area contributed by atoms with Gasteiger partial charge < -0.3 is 14.8 Å². The Labute approximate surface area is 230 Å². The minimum absolute atomic E-state index is 0.104. The van der Waals surface area contributed by atoms with Gasteiger partial charge in [0, 0.05) is 6.04 Å². The van der Waals surface area contributed by atoms with Crippen molar-refractivity contribution in [2.24, 2.45) is 0 Å². The van der Waals surface area contributed by atoms with Gasteiger partial charge in [0.2, 0.25) is 5.91 Å². The fourth-order valence-corrected chi connectivity index (χ4v) is 6.77. The van der Waals surface area contributed by atoms with E-state index in [1.54, 1.807) is 0 Å². The number of halogens is 4. The lowest BCUT2D eigenvalue weighted by atomic mass is 9.95. The molecule has 0 saturated heterocycles. The lowest BCUT2D eigenvalue weighted by molar-refractivity contribution is -0.121. The summed E-state index contributed by atoms with van der Waals surface area (Å²) in [4.78, 5) is 12.5. The van der Waals surface area contributed by atoms with Gasteiger partial charge in [-0.2, -0.15) is 0 Å². The standard InChI is InChI=1S/C23H25ClI3NO3/c1-14-9-15(11-21(29)28-16-5-3-2-4-6-16)10-18(25)22(14)31-17-12-19(26)23(20(27)13-17)30-8-7-24/h9-10,12-13,16H,2-8,11H2,1H3,(H,28,29). The summed E-state index contributed by atoms with van der Waals surface area (Å²) in [5, 5.41) is 3.20. The van der Waals surface area contributed by atoms with Crippen LogP contribution in [0.15, 0.2) is 24.3 Å². The number of carbonyl (C=O) groups is 1. The maximum Gasteiger partial charge on any atom is 0.224 e. The van der Waals surface area contributed by atoms with E-state index < -0.39 is 0 Å². The van der Waals surface area contributed by atoms with Crippen LogP contribution in [-0.4, -0.2) is 24.4 Å². The molecule has 3 rings (SSSR count). The van der Waals surface area contributed by atoms with Gasteiger partial charge in [0.1, 0.15) is 23.9 Å². The molecule has 0 aromatic heterocycles. The molecule has 0 radical (unpaired) electrons. The molecule has 1 aliphatic rings. The number of ether oxygens (including phenoxy) is 2. The summed E-state index contributed by atoms with van der Waals surface area (Å²) in [5.41, 5.74) is 2.02. The van der Waals surface area contributed by atoms with Crippen LogP contribution >= 0.6 is 79.4 Å². The van der Waals surface area contributed by atoms with Gasteiger partial charge in [-0.3, -0.25) is 4.79 Å². The molecular weight excluding hydrogens is 754 g/mol. The second-order valence-electron chi connectivity index (χ2n) is 7.66. The number of hydrogen-bond acceptors (Lipinski definition) is 3. The first kappa shape index (κ1) is 25.6. The van der Waals surface area contributed by atoms with Crippen molar-refractivity contribution in [3.8, 4) is 17.2 Å². The first-order valence-electron chi connectivity index (χ1n) is 10.3. The number of aryl methyl sites for hydroxylation is 1. The van der Waals surface area contributed by atoms with Crippen molar-refractivity contribution in [2.75, 3.05) is 12.5 Å². The quantitative estimate of drug-likeness (QED) is 0.228. The van der Waals surface area contributed by atoms with E-state index in [1.165, 1.54) is 19.3 Å². The Morgan fingerprint density at radius 3 is 2.29 bits per heavy atom. The highest BCUT2D eigenvalue weighted by atomic mass is 127. The third-order valence-corrected chi connectivity index (χ3v) is 7.70. The van der Waals surface area contributed by atoms with E-state index >= 15 is 0 Å². The highest BCUT2D eigenvalue weighted by molar-refractivity contribution is 14.1. The number of rotatable bonds is 8. The molecule has 2 aromatic carbocycles. The Morgan fingerprint density at radius 1 is 1.03 bits per heavy atom. The van der Waals surface area contributed by atoms with Crippen LogP contribution in [0.5, 0.6) is 17.2 Å². The molecule has 1 N–H and O–H groups in total. The van der Waals surface area contributed by atoms with Crippen LogP contribution in [0, 0.1) is 17.6 Å². The molecule has 168 valence electrons. The van der Waals surface area contributed by atoms with Crippen molar-refractivity contribution < 1.29 is 14.3 Å². The Kier molecular flexibility index (Phi) is 10.3. The molecule has 1 aliphatic carbocycles. The lowest BCUT2D eigenvalue weighted by Gasteiger charge is -2.23. The summed E-state index contributed by atoms with van der Waals surface area (Å²) in [6, 6.07) is 8.36. The van der Waals surface area contributed by atoms with Crippen LogP contribution in [-0.2, 0) is 11.2 Å². The molecule has 8 heteroatoms. The van der Waals surface area contributed by atoms with Gasteiger partial charge in [0.05, 0.1) is 23.0 Å². The Hall–Kier alpha value is -0.0100. The molecule has 1 amide bonds. The Morgan fingerprint density at radius 2 is 1.68 bits per heavy atom. The first-order chi connectivity index (χ1) is 14.9. The normalized spacial score (nSPS) is 14.4. The zero-order valence-electron chi connectivity index (χ0n) is 17.3. The molecule has 2 aromatic rings. The summed E-state index contributed by atoms with van der Waals surface area (Å²) in [6.45, 7) is 2.49. The van der Waals surface area contributed by atoms with Crippen LogP contribution < -0.4 is 14.8 Å². The third kappa shape index (κ3) is 7.49. The monoisotopic (exact) mass is 779 g/mol. The minimum Gasteiger partial charge on any atom is -0.490 e. The van der Waals surface area contributed by atoms with Gasteiger partial charge in [0.15, 0.2) is 0 Å². The van der Waals surface area contributed by atoms with Crippen molar-refractivity contribution in [1.82, 2.24) is 5.32 Å². The number of amides is 1. The van der Waals surface area contributed by atoms with Crippen molar-refractivity contribution in [1.29, 1.82) is 0 Å². The second-order valence-corrected chi connectivity index (χ2v) is 11.5.